The predicted molar refractivity (Wildman–Crippen MR) is 57.9 cm³/mol. The Balaban J connectivity index is 2.00. The van der Waals surface area contributed by atoms with Crippen molar-refractivity contribution in [2.45, 2.75) is 25.7 Å². The van der Waals surface area contributed by atoms with Crippen LogP contribution in [0.5, 0.6) is 0 Å². The van der Waals surface area contributed by atoms with Gasteiger partial charge in [0.1, 0.15) is 0 Å². The van der Waals surface area contributed by atoms with Crippen molar-refractivity contribution < 1.29 is 0 Å². The second-order valence-electron chi connectivity index (χ2n) is 3.81. The lowest BCUT2D eigenvalue weighted by Crippen LogP contribution is -2.29. The highest BCUT2D eigenvalue weighted by atomic mass is 14.9. The Morgan fingerprint density at radius 1 is 1.46 bits per heavy atom. The average molecular weight is 182 g/mol. The number of rotatable bonds is 5. The highest BCUT2D eigenvalue weighted by Gasteiger charge is 2.10. The molecule has 2 heteroatoms. The van der Waals surface area contributed by atoms with E-state index in [1.54, 1.807) is 0 Å². The third-order valence-electron chi connectivity index (χ3n) is 2.60. The van der Waals surface area contributed by atoms with Crippen molar-refractivity contribution in [1.82, 2.24) is 10.6 Å². The summed E-state index contributed by atoms with van der Waals surface area (Å²) in [7, 11) is 2.00. The molecular formula is C11H22N2. The third kappa shape index (κ3) is 5.06. The van der Waals surface area contributed by atoms with Crippen LogP contribution in [0.1, 0.15) is 25.7 Å². The molecule has 0 aromatic rings. The first-order chi connectivity index (χ1) is 6.43. The van der Waals surface area contributed by atoms with E-state index in [4.69, 9.17) is 0 Å². The van der Waals surface area contributed by atoms with Gasteiger partial charge in [0.15, 0.2) is 0 Å². The molecule has 2 N–H and O–H groups in total. The van der Waals surface area contributed by atoms with E-state index in [2.05, 4.69) is 22.8 Å². The molecule has 1 rings (SSSR count). The number of piperidine rings is 1. The van der Waals surface area contributed by atoms with Crippen LogP contribution in [0.3, 0.4) is 0 Å². The second-order valence-corrected chi connectivity index (χ2v) is 3.81. The largest absolute Gasteiger partial charge is 0.319 e. The van der Waals surface area contributed by atoms with Crippen molar-refractivity contribution in [3.63, 3.8) is 0 Å². The smallest absolute Gasteiger partial charge is 0.00173 e. The monoisotopic (exact) mass is 182 g/mol. The molecule has 1 fully saturated rings. The van der Waals surface area contributed by atoms with Crippen LogP contribution in [0, 0.1) is 5.92 Å². The van der Waals surface area contributed by atoms with Gasteiger partial charge in [-0.25, -0.2) is 0 Å². The number of nitrogens with one attached hydrogen (secondary N) is 2. The van der Waals surface area contributed by atoms with Gasteiger partial charge in [-0.2, -0.15) is 0 Å². The first-order valence-corrected chi connectivity index (χ1v) is 5.44. The molecule has 0 aromatic heterocycles. The van der Waals surface area contributed by atoms with Gasteiger partial charge in [0.05, 0.1) is 0 Å². The van der Waals surface area contributed by atoms with Gasteiger partial charge in [-0.15, -0.1) is 0 Å². The maximum atomic E-state index is 3.44. The molecule has 0 aliphatic carbocycles. The maximum absolute atomic E-state index is 3.44. The van der Waals surface area contributed by atoms with E-state index < -0.39 is 0 Å². The maximum Gasteiger partial charge on any atom is -0.00173 e. The number of hydrogen-bond acceptors (Lipinski definition) is 2. The van der Waals surface area contributed by atoms with Crippen LogP contribution < -0.4 is 10.6 Å². The van der Waals surface area contributed by atoms with E-state index in [-0.39, 0.29) is 0 Å². The zero-order valence-electron chi connectivity index (χ0n) is 8.68. The molecule has 0 bridgehead atoms. The van der Waals surface area contributed by atoms with Gasteiger partial charge in [-0.05, 0) is 58.3 Å². The quantitative estimate of drug-likeness (QED) is 0.498. The van der Waals surface area contributed by atoms with E-state index in [1.165, 1.54) is 32.4 Å². The summed E-state index contributed by atoms with van der Waals surface area (Å²) in [4.78, 5) is 0. The topological polar surface area (TPSA) is 24.1 Å². The molecule has 2 nitrogen and oxygen atoms in total. The first kappa shape index (κ1) is 10.7. The Labute approximate surface area is 81.8 Å². The van der Waals surface area contributed by atoms with Gasteiger partial charge >= 0.3 is 0 Å². The van der Waals surface area contributed by atoms with Crippen LogP contribution in [0.4, 0.5) is 0 Å². The van der Waals surface area contributed by atoms with Crippen molar-refractivity contribution in [3.05, 3.63) is 12.2 Å². The lowest BCUT2D eigenvalue weighted by Gasteiger charge is -2.21. The molecule has 13 heavy (non-hydrogen) atoms. The zero-order valence-corrected chi connectivity index (χ0v) is 8.68. The summed E-state index contributed by atoms with van der Waals surface area (Å²) in [6.07, 6.45) is 9.83. The summed E-state index contributed by atoms with van der Waals surface area (Å²) in [6, 6.07) is 0. The van der Waals surface area contributed by atoms with Gasteiger partial charge in [-0.1, -0.05) is 12.2 Å². The lowest BCUT2D eigenvalue weighted by molar-refractivity contribution is 0.381. The van der Waals surface area contributed by atoms with Crippen molar-refractivity contribution in [3.8, 4) is 0 Å². The van der Waals surface area contributed by atoms with E-state index in [0.717, 1.165) is 18.9 Å². The molecule has 0 radical (unpaired) electrons. The van der Waals surface area contributed by atoms with Gasteiger partial charge in [0.2, 0.25) is 0 Å². The minimum atomic E-state index is 0.889. The minimum Gasteiger partial charge on any atom is -0.319 e. The zero-order chi connectivity index (χ0) is 9.36. The predicted octanol–water partition coefficient (Wildman–Crippen LogP) is 1.54. The fourth-order valence-electron chi connectivity index (χ4n) is 1.76. The summed E-state index contributed by atoms with van der Waals surface area (Å²) in [6.45, 7) is 3.54. The van der Waals surface area contributed by atoms with E-state index in [9.17, 15) is 0 Å². The third-order valence-corrected chi connectivity index (χ3v) is 2.60. The van der Waals surface area contributed by atoms with Crippen molar-refractivity contribution in [2.75, 3.05) is 26.7 Å². The molecule has 0 saturated carbocycles. The number of allylic oxidation sites excluding steroid dienone is 1. The molecule has 0 amide bonds. The molecule has 1 saturated heterocycles. The van der Waals surface area contributed by atoms with Crippen LogP contribution in [-0.4, -0.2) is 26.7 Å². The summed E-state index contributed by atoms with van der Waals surface area (Å²) >= 11 is 0. The Morgan fingerprint density at radius 2 is 2.38 bits per heavy atom. The van der Waals surface area contributed by atoms with Gasteiger partial charge in [0.25, 0.3) is 0 Å². The molecule has 1 heterocycles. The highest BCUT2D eigenvalue weighted by Crippen LogP contribution is 2.14. The molecule has 0 aromatic carbocycles. The summed E-state index contributed by atoms with van der Waals surface area (Å²) in [5, 5.41) is 6.58. The van der Waals surface area contributed by atoms with Crippen LogP contribution in [0.2, 0.25) is 0 Å². The van der Waals surface area contributed by atoms with Crippen molar-refractivity contribution >= 4 is 0 Å². The summed E-state index contributed by atoms with van der Waals surface area (Å²) in [5.74, 6) is 0.889. The van der Waals surface area contributed by atoms with E-state index >= 15 is 0 Å². The lowest BCUT2D eigenvalue weighted by atomic mass is 9.96. The van der Waals surface area contributed by atoms with Gasteiger partial charge in [-0.3, -0.25) is 0 Å². The minimum absolute atomic E-state index is 0.889. The van der Waals surface area contributed by atoms with Gasteiger partial charge in [0, 0.05) is 0 Å². The van der Waals surface area contributed by atoms with Crippen LogP contribution in [-0.2, 0) is 0 Å². The molecule has 1 unspecified atom stereocenters. The van der Waals surface area contributed by atoms with Crippen molar-refractivity contribution in [2.24, 2.45) is 5.92 Å². The Hall–Kier alpha value is -0.340. The normalized spacial score (nSPS) is 23.9. The second kappa shape index (κ2) is 7.10. The molecular weight excluding hydrogens is 160 g/mol. The fourth-order valence-corrected chi connectivity index (χ4v) is 1.76. The molecule has 1 aliphatic rings. The molecule has 0 spiro atoms. The molecule has 1 atom stereocenters. The van der Waals surface area contributed by atoms with E-state index in [0.29, 0.717) is 0 Å². The average Bonchev–Trinajstić information content (AvgIpc) is 2.19. The van der Waals surface area contributed by atoms with E-state index in [1.807, 2.05) is 7.05 Å². The summed E-state index contributed by atoms with van der Waals surface area (Å²) in [5.41, 5.74) is 0. The van der Waals surface area contributed by atoms with Crippen molar-refractivity contribution in [1.29, 1.82) is 0 Å². The standard InChI is InChI=1S/C11H22N2/c1-12-8-4-2-3-6-11-7-5-9-13-10-11/h2-3,11-13H,4-10H2,1H3/b3-2-. The Kier molecular flexibility index (Phi) is 5.87. The van der Waals surface area contributed by atoms with Crippen LogP contribution in [0.15, 0.2) is 12.2 Å². The number of hydrogen-bond donors (Lipinski definition) is 2. The van der Waals surface area contributed by atoms with Gasteiger partial charge < -0.3 is 10.6 Å². The SMILES string of the molecule is CNCC/C=C\CC1CCCNC1. The Morgan fingerprint density at radius 3 is 3.08 bits per heavy atom. The summed E-state index contributed by atoms with van der Waals surface area (Å²) < 4.78 is 0. The van der Waals surface area contributed by atoms with Crippen LogP contribution >= 0.6 is 0 Å². The molecule has 76 valence electrons. The highest BCUT2D eigenvalue weighted by molar-refractivity contribution is 4.86. The fraction of sp³-hybridized carbons (Fsp3) is 0.818. The first-order valence-electron chi connectivity index (χ1n) is 5.44. The molecule has 1 aliphatic heterocycles. The Bertz CT molecular complexity index is 137. The van der Waals surface area contributed by atoms with Crippen LogP contribution in [0.25, 0.3) is 0 Å².